The summed E-state index contributed by atoms with van der Waals surface area (Å²) in [5.74, 6) is 0.0998. The second-order valence-electron chi connectivity index (χ2n) is 4.79. The number of carbonyl (C=O) groups is 1. The van der Waals surface area contributed by atoms with Crippen molar-refractivity contribution in [3.8, 4) is 0 Å². The molecule has 0 fully saturated rings. The van der Waals surface area contributed by atoms with Gasteiger partial charge in [-0.25, -0.2) is 0 Å². The summed E-state index contributed by atoms with van der Waals surface area (Å²) in [7, 11) is 0. The molecule has 96 valence electrons. The largest absolute Gasteiger partial charge is 0.334 e. The molecule has 3 rings (SSSR count). The highest BCUT2D eigenvalue weighted by Gasteiger charge is 2.21. The van der Waals surface area contributed by atoms with Crippen molar-refractivity contribution >= 4 is 18.5 Å². The molecule has 1 heterocycles. The Morgan fingerprint density at radius 1 is 1.00 bits per heavy atom. The number of hydrogen-bond donors (Lipinski definition) is 1. The Balaban J connectivity index is 1.81. The fourth-order valence-corrected chi connectivity index (χ4v) is 2.60. The molecule has 0 aromatic heterocycles. The zero-order valence-corrected chi connectivity index (χ0v) is 11.4. The number of thiol groups is 1. The van der Waals surface area contributed by atoms with Crippen molar-refractivity contribution < 1.29 is 4.79 Å². The number of rotatable bonds is 1. The Labute approximate surface area is 118 Å². The topological polar surface area (TPSA) is 20.3 Å². The maximum absolute atomic E-state index is 12.4. The van der Waals surface area contributed by atoms with Crippen molar-refractivity contribution in [2.45, 2.75) is 17.9 Å². The van der Waals surface area contributed by atoms with Gasteiger partial charge in [0.1, 0.15) is 0 Å². The minimum absolute atomic E-state index is 0.0998. The third kappa shape index (κ3) is 2.51. The van der Waals surface area contributed by atoms with Crippen LogP contribution in [-0.2, 0) is 13.0 Å². The molecule has 0 atom stereocenters. The van der Waals surface area contributed by atoms with Crippen molar-refractivity contribution in [2.24, 2.45) is 0 Å². The van der Waals surface area contributed by atoms with Crippen molar-refractivity contribution in [1.29, 1.82) is 0 Å². The zero-order chi connectivity index (χ0) is 13.2. The molecule has 0 aliphatic carbocycles. The van der Waals surface area contributed by atoms with Crippen LogP contribution < -0.4 is 0 Å². The van der Waals surface area contributed by atoms with E-state index in [1.165, 1.54) is 11.1 Å². The normalized spacial score (nSPS) is 14.1. The second-order valence-corrected chi connectivity index (χ2v) is 5.31. The van der Waals surface area contributed by atoms with Crippen LogP contribution in [0.15, 0.2) is 53.4 Å². The van der Waals surface area contributed by atoms with Gasteiger partial charge in [-0.15, -0.1) is 12.6 Å². The predicted octanol–water partition coefficient (Wildman–Crippen LogP) is 3.17. The Hall–Kier alpha value is -1.74. The van der Waals surface area contributed by atoms with Gasteiger partial charge < -0.3 is 4.90 Å². The summed E-state index contributed by atoms with van der Waals surface area (Å²) in [5.41, 5.74) is 3.35. The molecule has 1 aliphatic rings. The fourth-order valence-electron chi connectivity index (χ4n) is 2.46. The summed E-state index contributed by atoms with van der Waals surface area (Å²) >= 11 is 4.24. The molecule has 0 unspecified atom stereocenters. The molecule has 0 spiro atoms. The van der Waals surface area contributed by atoms with Crippen LogP contribution in [0.4, 0.5) is 0 Å². The lowest BCUT2D eigenvalue weighted by Gasteiger charge is -2.29. The molecule has 2 aromatic carbocycles. The number of benzene rings is 2. The lowest BCUT2D eigenvalue weighted by Crippen LogP contribution is -2.35. The number of nitrogens with zero attached hydrogens (tertiary/aromatic N) is 1. The van der Waals surface area contributed by atoms with Crippen molar-refractivity contribution in [3.63, 3.8) is 0 Å². The average Bonchev–Trinajstić information content (AvgIpc) is 2.47. The quantitative estimate of drug-likeness (QED) is 0.788. The molecule has 0 saturated heterocycles. The number of fused-ring (bicyclic) bond motifs is 1. The van der Waals surface area contributed by atoms with Gasteiger partial charge in [-0.1, -0.05) is 24.3 Å². The Kier molecular flexibility index (Phi) is 3.30. The van der Waals surface area contributed by atoms with Crippen LogP contribution >= 0.6 is 12.6 Å². The van der Waals surface area contributed by atoms with Gasteiger partial charge in [-0.3, -0.25) is 4.79 Å². The molecule has 0 saturated carbocycles. The first-order valence-electron chi connectivity index (χ1n) is 6.39. The number of hydrogen-bond acceptors (Lipinski definition) is 2. The Bertz CT molecular complexity index is 606. The fraction of sp³-hybridized carbons (Fsp3) is 0.188. The Morgan fingerprint density at radius 3 is 2.42 bits per heavy atom. The summed E-state index contributed by atoms with van der Waals surface area (Å²) < 4.78 is 0. The van der Waals surface area contributed by atoms with E-state index >= 15 is 0 Å². The van der Waals surface area contributed by atoms with E-state index in [0.29, 0.717) is 6.54 Å². The van der Waals surface area contributed by atoms with Crippen LogP contribution in [0, 0.1) is 0 Å². The molecule has 0 radical (unpaired) electrons. The highest BCUT2D eigenvalue weighted by Crippen LogP contribution is 2.20. The van der Waals surface area contributed by atoms with Crippen LogP contribution in [0.3, 0.4) is 0 Å². The van der Waals surface area contributed by atoms with Crippen molar-refractivity contribution in [3.05, 3.63) is 65.2 Å². The lowest BCUT2D eigenvalue weighted by atomic mass is 9.99. The number of carbonyl (C=O) groups excluding carboxylic acids is 1. The van der Waals surface area contributed by atoms with E-state index in [1.807, 2.05) is 35.2 Å². The van der Waals surface area contributed by atoms with Gasteiger partial charge in [0.2, 0.25) is 0 Å². The third-order valence-corrected chi connectivity index (χ3v) is 3.83. The molecular formula is C16H15NOS. The van der Waals surface area contributed by atoms with E-state index in [9.17, 15) is 4.79 Å². The van der Waals surface area contributed by atoms with Gasteiger partial charge in [0.05, 0.1) is 0 Å². The van der Waals surface area contributed by atoms with Crippen LogP contribution in [-0.4, -0.2) is 17.4 Å². The van der Waals surface area contributed by atoms with E-state index < -0.39 is 0 Å². The predicted molar refractivity (Wildman–Crippen MR) is 78.6 cm³/mol. The molecule has 19 heavy (non-hydrogen) atoms. The first-order chi connectivity index (χ1) is 9.24. The van der Waals surface area contributed by atoms with Crippen LogP contribution in [0.2, 0.25) is 0 Å². The average molecular weight is 269 g/mol. The lowest BCUT2D eigenvalue weighted by molar-refractivity contribution is 0.0734. The van der Waals surface area contributed by atoms with Gasteiger partial charge in [0.15, 0.2) is 0 Å². The highest BCUT2D eigenvalue weighted by atomic mass is 32.1. The van der Waals surface area contributed by atoms with Crippen LogP contribution in [0.1, 0.15) is 21.5 Å². The summed E-state index contributed by atoms with van der Waals surface area (Å²) in [6.07, 6.45) is 0.937. The summed E-state index contributed by atoms with van der Waals surface area (Å²) in [6.45, 7) is 1.50. The SMILES string of the molecule is O=C(c1ccc(S)cc1)N1CCc2ccccc2C1. The van der Waals surface area contributed by atoms with Gasteiger partial charge in [-0.05, 0) is 41.8 Å². The standard InChI is InChI=1S/C16H15NOS/c18-16(13-5-7-15(19)8-6-13)17-10-9-12-3-1-2-4-14(12)11-17/h1-8,19H,9-11H2. The molecular weight excluding hydrogens is 254 g/mol. The van der Waals surface area contributed by atoms with E-state index in [-0.39, 0.29) is 5.91 Å². The van der Waals surface area contributed by atoms with Crippen LogP contribution in [0.25, 0.3) is 0 Å². The van der Waals surface area contributed by atoms with Crippen LogP contribution in [0.5, 0.6) is 0 Å². The highest BCUT2D eigenvalue weighted by molar-refractivity contribution is 7.80. The van der Waals surface area contributed by atoms with Crippen molar-refractivity contribution in [2.75, 3.05) is 6.54 Å². The van der Waals surface area contributed by atoms with Crippen molar-refractivity contribution in [1.82, 2.24) is 4.90 Å². The van der Waals surface area contributed by atoms with Gasteiger partial charge >= 0.3 is 0 Å². The first kappa shape index (κ1) is 12.3. The minimum Gasteiger partial charge on any atom is -0.334 e. The molecule has 1 aliphatic heterocycles. The maximum atomic E-state index is 12.4. The smallest absolute Gasteiger partial charge is 0.254 e. The Morgan fingerprint density at radius 2 is 1.68 bits per heavy atom. The van der Waals surface area contributed by atoms with Gasteiger partial charge in [-0.2, -0.15) is 0 Å². The van der Waals surface area contributed by atoms with E-state index in [2.05, 4.69) is 30.8 Å². The van der Waals surface area contributed by atoms with Gasteiger partial charge in [0, 0.05) is 23.5 Å². The molecule has 0 N–H and O–H groups in total. The molecule has 2 aromatic rings. The monoisotopic (exact) mass is 269 g/mol. The first-order valence-corrected chi connectivity index (χ1v) is 6.84. The summed E-state index contributed by atoms with van der Waals surface area (Å²) in [5, 5.41) is 0. The molecule has 3 heteroatoms. The number of amides is 1. The summed E-state index contributed by atoms with van der Waals surface area (Å²) in [4.78, 5) is 15.2. The van der Waals surface area contributed by atoms with E-state index in [4.69, 9.17) is 0 Å². The molecule has 1 amide bonds. The van der Waals surface area contributed by atoms with E-state index in [1.54, 1.807) is 0 Å². The van der Waals surface area contributed by atoms with Gasteiger partial charge in [0.25, 0.3) is 5.91 Å². The molecule has 2 nitrogen and oxygen atoms in total. The van der Waals surface area contributed by atoms with E-state index in [0.717, 1.165) is 23.4 Å². The zero-order valence-electron chi connectivity index (χ0n) is 10.5. The maximum Gasteiger partial charge on any atom is 0.254 e. The summed E-state index contributed by atoms with van der Waals surface area (Å²) in [6, 6.07) is 15.7. The third-order valence-electron chi connectivity index (χ3n) is 3.53. The molecule has 0 bridgehead atoms. The minimum atomic E-state index is 0.0998. The second kappa shape index (κ2) is 5.10.